The number of anilines is 1. The van der Waals surface area contributed by atoms with E-state index in [0.29, 0.717) is 5.69 Å². The maximum atomic E-state index is 12.8. The number of nitrogens with zero attached hydrogens (tertiary/aromatic N) is 3. The Morgan fingerprint density at radius 3 is 2.61 bits per heavy atom. The molecule has 0 aliphatic heterocycles. The number of aryl methyl sites for hydroxylation is 2. The van der Waals surface area contributed by atoms with Crippen molar-refractivity contribution in [2.24, 2.45) is 0 Å². The van der Waals surface area contributed by atoms with Gasteiger partial charge in [0.05, 0.1) is 11.9 Å². The Hall–Kier alpha value is -2.95. The maximum Gasteiger partial charge on any atom is 0.253 e. The van der Waals surface area contributed by atoms with Crippen molar-refractivity contribution >= 4 is 11.6 Å². The van der Waals surface area contributed by atoms with Gasteiger partial charge >= 0.3 is 0 Å². The highest BCUT2D eigenvalue weighted by molar-refractivity contribution is 5.95. The van der Waals surface area contributed by atoms with Gasteiger partial charge in [0.2, 0.25) is 0 Å². The van der Waals surface area contributed by atoms with Gasteiger partial charge < -0.3 is 5.32 Å². The van der Waals surface area contributed by atoms with Crippen LogP contribution in [-0.4, -0.2) is 20.7 Å². The summed E-state index contributed by atoms with van der Waals surface area (Å²) in [5, 5.41) is 7.16. The number of benzene rings is 1. The predicted molar refractivity (Wildman–Crippen MR) is 89.1 cm³/mol. The summed E-state index contributed by atoms with van der Waals surface area (Å²) in [4.78, 5) is 17.1. The molecule has 5 heteroatoms. The van der Waals surface area contributed by atoms with E-state index in [1.54, 1.807) is 29.3 Å². The summed E-state index contributed by atoms with van der Waals surface area (Å²) >= 11 is 0. The van der Waals surface area contributed by atoms with E-state index in [0.717, 1.165) is 16.8 Å². The first-order chi connectivity index (χ1) is 11.1. The molecular formula is C18H18N4O. The normalized spacial score (nSPS) is 11.9. The predicted octanol–water partition coefficient (Wildman–Crippen LogP) is 3.12. The van der Waals surface area contributed by atoms with Crippen LogP contribution in [0.3, 0.4) is 0 Å². The number of nitrogens with one attached hydrogen (secondary N) is 1. The van der Waals surface area contributed by atoms with Crippen molar-refractivity contribution in [1.82, 2.24) is 14.8 Å². The molecule has 0 radical (unpaired) electrons. The van der Waals surface area contributed by atoms with E-state index in [-0.39, 0.29) is 5.91 Å². The second-order valence-electron chi connectivity index (χ2n) is 5.41. The minimum atomic E-state index is -0.521. The van der Waals surface area contributed by atoms with Crippen molar-refractivity contribution < 1.29 is 4.79 Å². The van der Waals surface area contributed by atoms with E-state index in [1.165, 1.54) is 0 Å². The first-order valence-corrected chi connectivity index (χ1v) is 7.43. The molecule has 1 unspecified atom stereocenters. The fourth-order valence-corrected chi connectivity index (χ4v) is 2.42. The van der Waals surface area contributed by atoms with Crippen molar-refractivity contribution in [2.75, 3.05) is 5.32 Å². The largest absolute Gasteiger partial charge is 0.323 e. The summed E-state index contributed by atoms with van der Waals surface area (Å²) in [5.74, 6) is -0.148. The lowest BCUT2D eigenvalue weighted by Gasteiger charge is -2.18. The lowest BCUT2D eigenvalue weighted by molar-refractivity contribution is -0.118. The van der Waals surface area contributed by atoms with Crippen LogP contribution in [0, 0.1) is 13.8 Å². The van der Waals surface area contributed by atoms with Gasteiger partial charge in [-0.05, 0) is 37.1 Å². The SMILES string of the molecule is Cc1cc(NC(=O)C(c2ccccc2)n2cccn2)cnc1C. The van der Waals surface area contributed by atoms with Crippen LogP contribution in [0.15, 0.2) is 61.1 Å². The third-order valence-electron chi connectivity index (χ3n) is 3.76. The first-order valence-electron chi connectivity index (χ1n) is 7.43. The summed E-state index contributed by atoms with van der Waals surface area (Å²) in [7, 11) is 0. The molecule has 1 amide bonds. The number of hydrogen-bond acceptors (Lipinski definition) is 3. The Bertz CT molecular complexity index is 797. The van der Waals surface area contributed by atoms with Crippen LogP contribution >= 0.6 is 0 Å². The first kappa shape index (κ1) is 15.0. The molecule has 23 heavy (non-hydrogen) atoms. The van der Waals surface area contributed by atoms with Gasteiger partial charge in [-0.15, -0.1) is 0 Å². The Morgan fingerprint density at radius 2 is 1.96 bits per heavy atom. The Balaban J connectivity index is 1.90. The Kier molecular flexibility index (Phi) is 4.19. The van der Waals surface area contributed by atoms with Gasteiger partial charge in [-0.1, -0.05) is 30.3 Å². The number of aromatic nitrogens is 3. The van der Waals surface area contributed by atoms with Crippen molar-refractivity contribution in [3.8, 4) is 0 Å². The maximum absolute atomic E-state index is 12.8. The van der Waals surface area contributed by atoms with Gasteiger partial charge in [0.15, 0.2) is 6.04 Å². The summed E-state index contributed by atoms with van der Waals surface area (Å²) in [6, 6.07) is 12.8. The van der Waals surface area contributed by atoms with Gasteiger partial charge in [-0.25, -0.2) is 0 Å². The topological polar surface area (TPSA) is 59.8 Å². The highest BCUT2D eigenvalue weighted by atomic mass is 16.2. The number of pyridine rings is 1. The minimum Gasteiger partial charge on any atom is -0.323 e. The average molecular weight is 306 g/mol. The molecule has 3 aromatic rings. The minimum absolute atomic E-state index is 0.148. The van der Waals surface area contributed by atoms with E-state index in [9.17, 15) is 4.79 Å². The number of rotatable bonds is 4. The lowest BCUT2D eigenvalue weighted by Crippen LogP contribution is -2.27. The van der Waals surface area contributed by atoms with Crippen LogP contribution in [0.25, 0.3) is 0 Å². The van der Waals surface area contributed by atoms with Crippen molar-refractivity contribution in [3.63, 3.8) is 0 Å². The summed E-state index contributed by atoms with van der Waals surface area (Å²) < 4.78 is 1.65. The van der Waals surface area contributed by atoms with Crippen LogP contribution in [-0.2, 0) is 4.79 Å². The van der Waals surface area contributed by atoms with Gasteiger partial charge in [0, 0.05) is 18.1 Å². The molecule has 0 saturated heterocycles. The molecule has 0 aliphatic rings. The second kappa shape index (κ2) is 6.44. The monoisotopic (exact) mass is 306 g/mol. The zero-order valence-electron chi connectivity index (χ0n) is 13.1. The smallest absolute Gasteiger partial charge is 0.253 e. The average Bonchev–Trinajstić information content (AvgIpc) is 3.06. The molecule has 0 spiro atoms. The quantitative estimate of drug-likeness (QED) is 0.805. The number of amides is 1. The van der Waals surface area contributed by atoms with Gasteiger partial charge in [0.1, 0.15) is 0 Å². The second-order valence-corrected chi connectivity index (χ2v) is 5.41. The molecule has 1 aromatic carbocycles. The summed E-state index contributed by atoms with van der Waals surface area (Å²) in [6.45, 7) is 3.91. The molecule has 0 saturated carbocycles. The Labute approximate surface area is 135 Å². The molecular weight excluding hydrogens is 288 g/mol. The van der Waals surface area contributed by atoms with E-state index in [1.807, 2.05) is 50.2 Å². The molecule has 1 atom stereocenters. The number of hydrogen-bond donors (Lipinski definition) is 1. The van der Waals surface area contributed by atoms with Gasteiger partial charge in [0.25, 0.3) is 5.91 Å². The zero-order chi connectivity index (χ0) is 16.2. The fraction of sp³-hybridized carbons (Fsp3) is 0.167. The Morgan fingerprint density at radius 1 is 1.17 bits per heavy atom. The molecule has 2 aromatic heterocycles. The van der Waals surface area contributed by atoms with Gasteiger partial charge in [-0.3, -0.25) is 14.5 Å². The van der Waals surface area contributed by atoms with Crippen molar-refractivity contribution in [1.29, 1.82) is 0 Å². The molecule has 116 valence electrons. The van der Waals surface area contributed by atoms with Gasteiger partial charge in [-0.2, -0.15) is 5.10 Å². The standard InChI is InChI=1S/C18H18N4O/c1-13-11-16(12-19-14(13)2)21-18(23)17(22-10-6-9-20-22)15-7-4-3-5-8-15/h3-12,17H,1-2H3,(H,21,23). The fourth-order valence-electron chi connectivity index (χ4n) is 2.42. The number of carbonyl (C=O) groups is 1. The summed E-state index contributed by atoms with van der Waals surface area (Å²) in [6.07, 6.45) is 5.13. The lowest BCUT2D eigenvalue weighted by atomic mass is 10.1. The van der Waals surface area contributed by atoms with Crippen molar-refractivity contribution in [3.05, 3.63) is 77.9 Å². The summed E-state index contributed by atoms with van der Waals surface area (Å²) in [5.41, 5.74) is 3.56. The highest BCUT2D eigenvalue weighted by Gasteiger charge is 2.23. The third-order valence-corrected chi connectivity index (χ3v) is 3.76. The van der Waals surface area contributed by atoms with Crippen LogP contribution in [0.4, 0.5) is 5.69 Å². The molecule has 0 fully saturated rings. The van der Waals surface area contributed by atoms with Crippen LogP contribution < -0.4 is 5.32 Å². The third kappa shape index (κ3) is 3.29. The molecule has 0 bridgehead atoms. The molecule has 1 N–H and O–H groups in total. The van der Waals surface area contributed by atoms with E-state index in [2.05, 4.69) is 15.4 Å². The molecule has 0 aliphatic carbocycles. The molecule has 3 rings (SSSR count). The zero-order valence-corrected chi connectivity index (χ0v) is 13.1. The van der Waals surface area contributed by atoms with Crippen LogP contribution in [0.5, 0.6) is 0 Å². The highest BCUT2D eigenvalue weighted by Crippen LogP contribution is 2.20. The van der Waals surface area contributed by atoms with E-state index >= 15 is 0 Å². The van der Waals surface area contributed by atoms with E-state index < -0.39 is 6.04 Å². The van der Waals surface area contributed by atoms with Crippen molar-refractivity contribution in [2.45, 2.75) is 19.9 Å². The van der Waals surface area contributed by atoms with Crippen LogP contribution in [0.1, 0.15) is 22.9 Å². The molecule has 5 nitrogen and oxygen atoms in total. The molecule has 2 heterocycles. The van der Waals surface area contributed by atoms with Crippen LogP contribution in [0.2, 0.25) is 0 Å². The number of carbonyl (C=O) groups excluding carboxylic acids is 1. The van der Waals surface area contributed by atoms with E-state index in [4.69, 9.17) is 0 Å².